The molecule has 0 aliphatic heterocycles. The van der Waals surface area contributed by atoms with Gasteiger partial charge in [-0.2, -0.15) is 0 Å². The molecule has 0 heterocycles. The average Bonchev–Trinajstić information content (AvgIpc) is 2.14. The Balaban J connectivity index is 0. The van der Waals surface area contributed by atoms with Crippen LogP contribution in [0.1, 0.15) is 0 Å². The normalized spacial score (nSPS) is 9.50. The van der Waals surface area contributed by atoms with Gasteiger partial charge in [0.2, 0.25) is 0 Å². The largest absolute Gasteiger partial charge is 0.394 e. The van der Waals surface area contributed by atoms with Crippen molar-refractivity contribution in [2.45, 2.75) is 6.10 Å². The molecule has 0 rings (SSSR count). The molecule has 5 heteroatoms. The fourth-order valence-corrected chi connectivity index (χ4v) is 0.224. The van der Waals surface area contributed by atoms with Crippen molar-refractivity contribution in [2.24, 2.45) is 0 Å². The molecule has 76 valence electrons. The molecule has 0 amide bonds. The Labute approximate surface area is 72.5 Å². The topological polar surface area (TPSA) is 79.2 Å². The van der Waals surface area contributed by atoms with E-state index in [0.717, 1.165) is 0 Å². The molecule has 0 aliphatic carbocycles. The molecule has 0 unspecified atom stereocenters. The Kier molecular flexibility index (Phi) is 16.0. The third-order valence-corrected chi connectivity index (χ3v) is 0.913. The van der Waals surface area contributed by atoms with Crippen LogP contribution in [0.2, 0.25) is 0 Å². The fraction of sp³-hybridized carbons (Fsp3) is 1.00. The lowest BCUT2D eigenvalue weighted by Gasteiger charge is -1.96. The van der Waals surface area contributed by atoms with E-state index in [2.05, 4.69) is 9.47 Å². The van der Waals surface area contributed by atoms with E-state index in [1.807, 2.05) is 0 Å². The predicted octanol–water partition coefficient (Wildman–Crippen LogP) is -1.39. The van der Waals surface area contributed by atoms with Crippen LogP contribution < -0.4 is 0 Å². The Morgan fingerprint density at radius 2 is 1.33 bits per heavy atom. The summed E-state index contributed by atoms with van der Waals surface area (Å²) in [5.41, 5.74) is 0. The molecule has 12 heavy (non-hydrogen) atoms. The molecule has 0 radical (unpaired) electrons. The van der Waals surface area contributed by atoms with Crippen molar-refractivity contribution < 1.29 is 24.8 Å². The Morgan fingerprint density at radius 1 is 1.00 bits per heavy atom. The first-order valence-electron chi connectivity index (χ1n) is 3.60. The molecular weight excluding hydrogens is 164 g/mol. The first-order valence-corrected chi connectivity index (χ1v) is 3.60. The maximum absolute atomic E-state index is 8.17. The first-order chi connectivity index (χ1) is 5.72. The lowest BCUT2D eigenvalue weighted by atomic mass is 10.4. The second kappa shape index (κ2) is 13.4. The molecule has 5 nitrogen and oxygen atoms in total. The predicted molar refractivity (Wildman–Crippen MR) is 43.9 cm³/mol. The molecule has 0 bridgehead atoms. The van der Waals surface area contributed by atoms with Crippen LogP contribution in [-0.4, -0.2) is 62.1 Å². The van der Waals surface area contributed by atoms with Crippen LogP contribution in [0.15, 0.2) is 0 Å². The third kappa shape index (κ3) is 16.4. The Hall–Kier alpha value is -0.200. The van der Waals surface area contributed by atoms with Gasteiger partial charge >= 0.3 is 0 Å². The van der Waals surface area contributed by atoms with E-state index >= 15 is 0 Å². The van der Waals surface area contributed by atoms with Crippen LogP contribution in [0, 0.1) is 0 Å². The second-order valence-electron chi connectivity index (χ2n) is 2.00. The van der Waals surface area contributed by atoms with Crippen molar-refractivity contribution in [1.29, 1.82) is 0 Å². The molecular formula is C7H18O5. The summed E-state index contributed by atoms with van der Waals surface area (Å²) in [5.74, 6) is 0. The van der Waals surface area contributed by atoms with E-state index in [0.29, 0.717) is 13.2 Å². The first kappa shape index (κ1) is 14.3. The molecule has 0 spiro atoms. The summed E-state index contributed by atoms with van der Waals surface area (Å²) >= 11 is 0. The van der Waals surface area contributed by atoms with Gasteiger partial charge in [0.05, 0.1) is 26.4 Å². The molecule has 0 saturated carbocycles. The smallest absolute Gasteiger partial charge is 0.100 e. The van der Waals surface area contributed by atoms with E-state index in [9.17, 15) is 0 Å². The van der Waals surface area contributed by atoms with E-state index in [1.54, 1.807) is 14.2 Å². The van der Waals surface area contributed by atoms with Crippen molar-refractivity contribution >= 4 is 0 Å². The van der Waals surface area contributed by atoms with Crippen molar-refractivity contribution in [3.63, 3.8) is 0 Å². The van der Waals surface area contributed by atoms with Gasteiger partial charge in [-0.3, -0.25) is 0 Å². The van der Waals surface area contributed by atoms with Gasteiger partial charge in [0.25, 0.3) is 0 Å². The van der Waals surface area contributed by atoms with Gasteiger partial charge in [0.15, 0.2) is 0 Å². The van der Waals surface area contributed by atoms with Crippen LogP contribution in [0.4, 0.5) is 0 Å². The summed E-state index contributed by atoms with van der Waals surface area (Å²) in [6, 6.07) is 0. The van der Waals surface area contributed by atoms with Gasteiger partial charge in [-0.15, -0.1) is 0 Å². The van der Waals surface area contributed by atoms with Crippen LogP contribution in [0.3, 0.4) is 0 Å². The van der Waals surface area contributed by atoms with Crippen molar-refractivity contribution in [1.82, 2.24) is 0 Å². The molecule has 3 N–H and O–H groups in total. The van der Waals surface area contributed by atoms with Crippen molar-refractivity contribution in [3.8, 4) is 0 Å². The van der Waals surface area contributed by atoms with E-state index in [4.69, 9.17) is 15.3 Å². The zero-order valence-corrected chi connectivity index (χ0v) is 7.56. The highest BCUT2D eigenvalue weighted by atomic mass is 16.5. The number of ether oxygens (including phenoxy) is 2. The number of hydrogen-bond donors (Lipinski definition) is 3. The van der Waals surface area contributed by atoms with Crippen LogP contribution in [0.5, 0.6) is 0 Å². The Morgan fingerprint density at radius 3 is 1.42 bits per heavy atom. The van der Waals surface area contributed by atoms with E-state index in [-0.39, 0.29) is 13.2 Å². The average molecular weight is 182 g/mol. The van der Waals surface area contributed by atoms with E-state index < -0.39 is 6.10 Å². The van der Waals surface area contributed by atoms with Crippen molar-refractivity contribution in [2.75, 3.05) is 40.6 Å². The van der Waals surface area contributed by atoms with Crippen LogP contribution >= 0.6 is 0 Å². The summed E-state index contributed by atoms with van der Waals surface area (Å²) in [4.78, 5) is 0. The third-order valence-electron chi connectivity index (χ3n) is 0.913. The highest BCUT2D eigenvalue weighted by Crippen LogP contribution is 1.71. The molecule has 0 aromatic carbocycles. The monoisotopic (exact) mass is 182 g/mol. The van der Waals surface area contributed by atoms with Crippen LogP contribution in [0.25, 0.3) is 0 Å². The SMILES string of the molecule is COCCOC.OCC(O)CO. The minimum absolute atomic E-state index is 0.365. The number of aliphatic hydroxyl groups is 3. The minimum Gasteiger partial charge on any atom is -0.394 e. The summed E-state index contributed by atoms with van der Waals surface area (Å²) < 4.78 is 9.31. The molecule has 0 saturated heterocycles. The summed E-state index contributed by atoms with van der Waals surface area (Å²) in [6.45, 7) is 0.653. The lowest BCUT2D eigenvalue weighted by Crippen LogP contribution is -2.15. The standard InChI is InChI=1S/C4H10O2.C3H8O3/c1-5-3-4-6-2;4-1-3(6)2-5/h3-4H2,1-2H3;3-6H,1-2H2. The van der Waals surface area contributed by atoms with Gasteiger partial charge in [-0.1, -0.05) is 0 Å². The minimum atomic E-state index is -0.954. The van der Waals surface area contributed by atoms with E-state index in [1.165, 1.54) is 0 Å². The van der Waals surface area contributed by atoms with Crippen molar-refractivity contribution in [3.05, 3.63) is 0 Å². The van der Waals surface area contributed by atoms with Gasteiger partial charge in [0.1, 0.15) is 6.10 Å². The molecule has 0 aliphatic rings. The quantitative estimate of drug-likeness (QED) is 0.456. The lowest BCUT2D eigenvalue weighted by molar-refractivity contribution is 0.0450. The molecule has 0 aromatic heterocycles. The maximum Gasteiger partial charge on any atom is 0.100 e. The fourth-order valence-electron chi connectivity index (χ4n) is 0.224. The van der Waals surface area contributed by atoms with Gasteiger partial charge < -0.3 is 24.8 Å². The number of hydrogen-bond acceptors (Lipinski definition) is 5. The Bertz CT molecular complexity index is 60.8. The van der Waals surface area contributed by atoms with Crippen LogP contribution in [-0.2, 0) is 9.47 Å². The summed E-state index contributed by atoms with van der Waals surface area (Å²) in [7, 11) is 3.30. The van der Waals surface area contributed by atoms with Gasteiger partial charge in [-0.25, -0.2) is 0 Å². The summed E-state index contributed by atoms with van der Waals surface area (Å²) in [6.07, 6.45) is -0.954. The zero-order valence-electron chi connectivity index (χ0n) is 7.56. The highest BCUT2D eigenvalue weighted by molar-refractivity contribution is 4.43. The second-order valence-corrected chi connectivity index (χ2v) is 2.00. The molecule has 0 aromatic rings. The summed E-state index contributed by atoms with van der Waals surface area (Å²) in [5, 5.41) is 24.0. The number of rotatable bonds is 5. The number of aliphatic hydroxyl groups excluding tert-OH is 3. The molecule has 0 atom stereocenters. The van der Waals surface area contributed by atoms with Gasteiger partial charge in [-0.05, 0) is 0 Å². The highest BCUT2D eigenvalue weighted by Gasteiger charge is 1.93. The van der Waals surface area contributed by atoms with Gasteiger partial charge in [0, 0.05) is 14.2 Å². The number of methoxy groups -OCH3 is 2. The molecule has 0 fully saturated rings. The maximum atomic E-state index is 8.17. The zero-order chi connectivity index (χ0) is 9.82.